The molecule has 0 aliphatic carbocycles. The third-order valence-corrected chi connectivity index (χ3v) is 2.11. The van der Waals surface area contributed by atoms with Crippen molar-refractivity contribution >= 4 is 5.82 Å². The predicted molar refractivity (Wildman–Crippen MR) is 50.4 cm³/mol. The van der Waals surface area contributed by atoms with E-state index in [4.69, 9.17) is 10.8 Å². The molecule has 0 bridgehead atoms. The molecule has 1 aromatic heterocycles. The summed E-state index contributed by atoms with van der Waals surface area (Å²) in [5, 5.41) is 34.0. The van der Waals surface area contributed by atoms with E-state index < -0.39 is 12.2 Å². The number of hydrogen-bond acceptors (Lipinski definition) is 5. The Bertz CT molecular complexity index is 281. The van der Waals surface area contributed by atoms with Crippen LogP contribution in [0.25, 0.3) is 0 Å². The highest BCUT2D eigenvalue weighted by molar-refractivity contribution is 5.43. The number of aryl methyl sites for hydroxylation is 1. The average Bonchev–Trinajstić information content (AvgIpc) is 2.46. The van der Waals surface area contributed by atoms with Gasteiger partial charge in [0.25, 0.3) is 0 Å². The van der Waals surface area contributed by atoms with Crippen LogP contribution in [0.15, 0.2) is 0 Å². The molecule has 2 unspecified atom stereocenters. The minimum atomic E-state index is -1.11. The molecule has 0 spiro atoms. The van der Waals surface area contributed by atoms with Gasteiger partial charge in [-0.1, -0.05) is 0 Å². The molecule has 0 amide bonds. The van der Waals surface area contributed by atoms with E-state index in [2.05, 4.69) is 10.2 Å². The first kappa shape index (κ1) is 11.0. The second-order valence-electron chi connectivity index (χ2n) is 3.17. The quantitative estimate of drug-likeness (QED) is 0.432. The molecule has 0 saturated heterocycles. The van der Waals surface area contributed by atoms with Crippen molar-refractivity contribution in [3.05, 3.63) is 11.3 Å². The van der Waals surface area contributed by atoms with Crippen molar-refractivity contribution in [3.8, 4) is 0 Å². The maximum absolute atomic E-state index is 9.67. The van der Waals surface area contributed by atoms with Crippen molar-refractivity contribution in [1.82, 2.24) is 10.2 Å². The number of nitrogen functional groups attached to an aromatic ring is 1. The number of aliphatic hydroxyl groups excluding tert-OH is 3. The van der Waals surface area contributed by atoms with Gasteiger partial charge < -0.3 is 21.1 Å². The van der Waals surface area contributed by atoms with E-state index in [-0.39, 0.29) is 18.8 Å². The molecule has 1 aromatic rings. The smallest absolute Gasteiger partial charge is 0.151 e. The van der Waals surface area contributed by atoms with Crippen LogP contribution in [0.3, 0.4) is 0 Å². The molecule has 14 heavy (non-hydrogen) atoms. The van der Waals surface area contributed by atoms with Gasteiger partial charge in [0.1, 0.15) is 6.10 Å². The highest BCUT2D eigenvalue weighted by Gasteiger charge is 2.23. The van der Waals surface area contributed by atoms with Gasteiger partial charge in [-0.15, -0.1) is 0 Å². The molecule has 6 heteroatoms. The monoisotopic (exact) mass is 201 g/mol. The van der Waals surface area contributed by atoms with Crippen LogP contribution in [0.4, 0.5) is 5.82 Å². The van der Waals surface area contributed by atoms with Crippen LogP contribution in [0.1, 0.15) is 23.8 Å². The van der Waals surface area contributed by atoms with E-state index in [1.165, 1.54) is 0 Å². The zero-order chi connectivity index (χ0) is 10.7. The lowest BCUT2D eigenvalue weighted by Crippen LogP contribution is -2.20. The van der Waals surface area contributed by atoms with E-state index >= 15 is 0 Å². The van der Waals surface area contributed by atoms with Gasteiger partial charge in [-0.05, 0) is 13.3 Å². The number of nitrogens with two attached hydrogens (primary N) is 1. The van der Waals surface area contributed by atoms with Crippen LogP contribution in [-0.2, 0) is 0 Å². The van der Waals surface area contributed by atoms with Crippen LogP contribution in [0.2, 0.25) is 0 Å². The Morgan fingerprint density at radius 3 is 2.57 bits per heavy atom. The minimum Gasteiger partial charge on any atom is -0.396 e. The molecule has 6 nitrogen and oxygen atoms in total. The first-order valence-electron chi connectivity index (χ1n) is 4.35. The van der Waals surface area contributed by atoms with Gasteiger partial charge in [-0.25, -0.2) is 0 Å². The van der Waals surface area contributed by atoms with Crippen molar-refractivity contribution in [3.63, 3.8) is 0 Å². The van der Waals surface area contributed by atoms with E-state index in [0.717, 1.165) is 0 Å². The summed E-state index contributed by atoms with van der Waals surface area (Å²) in [5.41, 5.74) is 6.51. The number of aromatic amines is 1. The highest BCUT2D eigenvalue weighted by atomic mass is 16.3. The Morgan fingerprint density at radius 2 is 2.14 bits per heavy atom. The minimum absolute atomic E-state index is 0.102. The number of hydrogen-bond donors (Lipinski definition) is 5. The molecule has 0 saturated carbocycles. The highest BCUT2D eigenvalue weighted by Crippen LogP contribution is 2.25. The van der Waals surface area contributed by atoms with E-state index in [1.54, 1.807) is 6.92 Å². The summed E-state index contributed by atoms with van der Waals surface area (Å²) in [7, 11) is 0. The van der Waals surface area contributed by atoms with Gasteiger partial charge in [0, 0.05) is 17.9 Å². The number of anilines is 1. The number of nitrogens with zero attached hydrogens (tertiary/aromatic N) is 1. The molecule has 1 rings (SSSR count). The first-order chi connectivity index (χ1) is 6.57. The molecule has 0 radical (unpaired) electrons. The van der Waals surface area contributed by atoms with Gasteiger partial charge >= 0.3 is 0 Å². The van der Waals surface area contributed by atoms with Crippen molar-refractivity contribution in [2.75, 3.05) is 12.3 Å². The molecule has 0 aromatic carbocycles. The van der Waals surface area contributed by atoms with Crippen LogP contribution in [0.5, 0.6) is 0 Å². The summed E-state index contributed by atoms with van der Waals surface area (Å²) in [5.74, 6) is 0.173. The fraction of sp³-hybridized carbons (Fsp3) is 0.625. The summed E-state index contributed by atoms with van der Waals surface area (Å²) >= 11 is 0. The molecule has 2 atom stereocenters. The van der Waals surface area contributed by atoms with Gasteiger partial charge in [-0.2, -0.15) is 5.10 Å². The molecule has 80 valence electrons. The average molecular weight is 201 g/mol. The first-order valence-corrected chi connectivity index (χ1v) is 4.35. The van der Waals surface area contributed by atoms with Crippen molar-refractivity contribution in [2.24, 2.45) is 0 Å². The number of aliphatic hydroxyl groups is 3. The number of nitrogens with one attached hydrogen (secondary N) is 1. The summed E-state index contributed by atoms with van der Waals surface area (Å²) in [4.78, 5) is 0. The zero-order valence-corrected chi connectivity index (χ0v) is 7.94. The van der Waals surface area contributed by atoms with E-state index in [1.807, 2.05) is 0 Å². The summed E-state index contributed by atoms with van der Waals surface area (Å²) in [6.45, 7) is 1.52. The Balaban J connectivity index is 2.82. The van der Waals surface area contributed by atoms with Gasteiger partial charge in [0.05, 0.1) is 6.10 Å². The Labute approximate surface area is 81.4 Å². The van der Waals surface area contributed by atoms with Gasteiger partial charge in [0.15, 0.2) is 5.82 Å². The SMILES string of the molecule is Cc1[nH]nc(N)c1C(O)C(O)CCO. The normalized spacial score (nSPS) is 15.4. The molecule has 6 N–H and O–H groups in total. The summed E-state index contributed by atoms with van der Waals surface area (Å²) < 4.78 is 0. The molecule has 1 heterocycles. The largest absolute Gasteiger partial charge is 0.396 e. The van der Waals surface area contributed by atoms with Crippen molar-refractivity contribution < 1.29 is 15.3 Å². The topological polar surface area (TPSA) is 115 Å². The van der Waals surface area contributed by atoms with Crippen LogP contribution < -0.4 is 5.73 Å². The fourth-order valence-corrected chi connectivity index (χ4v) is 1.31. The van der Waals surface area contributed by atoms with E-state index in [9.17, 15) is 10.2 Å². The van der Waals surface area contributed by atoms with Crippen molar-refractivity contribution in [1.29, 1.82) is 0 Å². The van der Waals surface area contributed by atoms with Crippen LogP contribution >= 0.6 is 0 Å². The van der Waals surface area contributed by atoms with Crippen LogP contribution in [0, 0.1) is 6.92 Å². The Kier molecular flexibility index (Phi) is 3.45. The zero-order valence-electron chi connectivity index (χ0n) is 7.94. The molecular weight excluding hydrogens is 186 g/mol. The Hall–Kier alpha value is -1.11. The maximum atomic E-state index is 9.67. The lowest BCUT2D eigenvalue weighted by atomic mass is 10.0. The second kappa shape index (κ2) is 4.41. The molecule has 0 aliphatic heterocycles. The van der Waals surface area contributed by atoms with Crippen LogP contribution in [-0.4, -0.2) is 38.2 Å². The van der Waals surface area contributed by atoms with E-state index in [0.29, 0.717) is 11.3 Å². The maximum Gasteiger partial charge on any atom is 0.151 e. The lowest BCUT2D eigenvalue weighted by molar-refractivity contribution is 0.00428. The molecular formula is C8H15N3O3. The summed E-state index contributed by atoms with van der Waals surface area (Å²) in [6, 6.07) is 0. The van der Waals surface area contributed by atoms with Gasteiger partial charge in [0.2, 0.25) is 0 Å². The van der Waals surface area contributed by atoms with Gasteiger partial charge in [-0.3, -0.25) is 5.10 Å². The van der Waals surface area contributed by atoms with Crippen molar-refractivity contribution in [2.45, 2.75) is 25.6 Å². The Morgan fingerprint density at radius 1 is 1.50 bits per heavy atom. The summed E-state index contributed by atoms with van der Waals surface area (Å²) in [6.07, 6.45) is -2.04. The molecule has 0 aliphatic rings. The predicted octanol–water partition coefficient (Wildman–Crippen LogP) is -0.923. The number of aromatic nitrogens is 2. The second-order valence-corrected chi connectivity index (χ2v) is 3.17. The fourth-order valence-electron chi connectivity index (χ4n) is 1.31. The number of H-pyrrole nitrogens is 1. The lowest BCUT2D eigenvalue weighted by Gasteiger charge is -2.16. The molecule has 0 fully saturated rings. The number of rotatable bonds is 4. The third-order valence-electron chi connectivity index (χ3n) is 2.11. The standard InChI is InChI=1S/C8H15N3O3/c1-4-6(8(9)11-10-4)7(14)5(13)2-3-12/h5,7,12-14H,2-3H2,1H3,(H3,9,10,11). The third kappa shape index (κ3) is 2.03.